The Morgan fingerprint density at radius 3 is 2.62 bits per heavy atom. The first-order chi connectivity index (χ1) is 12.7. The fraction of sp³-hybridized carbons (Fsp3) is 0.100. The third-order valence-electron chi connectivity index (χ3n) is 3.70. The molecule has 26 heavy (non-hydrogen) atoms. The van der Waals surface area contributed by atoms with Crippen molar-refractivity contribution < 1.29 is 18.7 Å². The lowest BCUT2D eigenvalue weighted by atomic mass is 10.1. The minimum absolute atomic E-state index is 0.271. The highest BCUT2D eigenvalue weighted by molar-refractivity contribution is 6.04. The van der Waals surface area contributed by atoms with Crippen LogP contribution in [0.5, 0.6) is 11.5 Å². The van der Waals surface area contributed by atoms with Crippen molar-refractivity contribution in [3.05, 3.63) is 72.4 Å². The SMILES string of the molecule is COc1cccc(NC(=O)c2ccc(-c3cccc(OCF)c3)nc2)c1. The zero-order chi connectivity index (χ0) is 18.4. The molecule has 5 nitrogen and oxygen atoms in total. The van der Waals surface area contributed by atoms with E-state index in [1.165, 1.54) is 6.20 Å². The first-order valence-corrected chi connectivity index (χ1v) is 7.90. The number of nitrogens with zero attached hydrogens (tertiary/aromatic N) is 1. The molecule has 0 bridgehead atoms. The maximum absolute atomic E-state index is 12.3. The topological polar surface area (TPSA) is 60.5 Å². The number of halogens is 1. The number of anilines is 1. The van der Waals surface area contributed by atoms with Gasteiger partial charge in [-0.2, -0.15) is 0 Å². The molecule has 0 atom stereocenters. The van der Waals surface area contributed by atoms with Gasteiger partial charge < -0.3 is 14.8 Å². The molecule has 3 rings (SSSR count). The molecule has 0 aliphatic carbocycles. The summed E-state index contributed by atoms with van der Waals surface area (Å²) in [6, 6.07) is 17.5. The number of nitrogens with one attached hydrogen (secondary N) is 1. The molecule has 0 saturated heterocycles. The van der Waals surface area contributed by atoms with E-state index in [4.69, 9.17) is 9.47 Å². The summed E-state index contributed by atoms with van der Waals surface area (Å²) in [5, 5.41) is 2.80. The molecule has 6 heteroatoms. The van der Waals surface area contributed by atoms with E-state index < -0.39 is 6.86 Å². The van der Waals surface area contributed by atoms with Crippen molar-refractivity contribution in [2.24, 2.45) is 0 Å². The molecule has 0 saturated carbocycles. The minimum atomic E-state index is -0.889. The molecule has 0 fully saturated rings. The van der Waals surface area contributed by atoms with Crippen LogP contribution in [0, 0.1) is 0 Å². The number of hydrogen-bond donors (Lipinski definition) is 1. The highest BCUT2D eigenvalue weighted by Gasteiger charge is 2.09. The van der Waals surface area contributed by atoms with Gasteiger partial charge in [0.1, 0.15) is 11.5 Å². The molecule has 2 aromatic carbocycles. The van der Waals surface area contributed by atoms with Crippen molar-refractivity contribution in [3.63, 3.8) is 0 Å². The van der Waals surface area contributed by atoms with Gasteiger partial charge in [0.05, 0.1) is 18.4 Å². The summed E-state index contributed by atoms with van der Waals surface area (Å²) >= 11 is 0. The van der Waals surface area contributed by atoms with E-state index in [0.29, 0.717) is 28.4 Å². The molecule has 0 unspecified atom stereocenters. The highest BCUT2D eigenvalue weighted by Crippen LogP contribution is 2.23. The number of ether oxygens (including phenoxy) is 2. The summed E-state index contributed by atoms with van der Waals surface area (Å²) in [5.74, 6) is 0.810. The summed E-state index contributed by atoms with van der Waals surface area (Å²) in [6.45, 7) is -0.889. The lowest BCUT2D eigenvalue weighted by Gasteiger charge is -2.08. The third kappa shape index (κ3) is 4.16. The van der Waals surface area contributed by atoms with Gasteiger partial charge in [-0.3, -0.25) is 9.78 Å². The fourth-order valence-electron chi connectivity index (χ4n) is 2.41. The van der Waals surface area contributed by atoms with Crippen molar-refractivity contribution in [1.29, 1.82) is 0 Å². The normalized spacial score (nSPS) is 10.2. The number of carbonyl (C=O) groups is 1. The van der Waals surface area contributed by atoms with Crippen molar-refractivity contribution in [2.45, 2.75) is 0 Å². The van der Waals surface area contributed by atoms with Crippen LogP contribution in [0.1, 0.15) is 10.4 Å². The predicted octanol–water partition coefficient (Wildman–Crippen LogP) is 4.32. The number of amides is 1. The number of aromatic nitrogens is 1. The van der Waals surface area contributed by atoms with E-state index in [0.717, 1.165) is 5.56 Å². The summed E-state index contributed by atoms with van der Waals surface area (Å²) in [7, 11) is 1.57. The quantitative estimate of drug-likeness (QED) is 0.718. The van der Waals surface area contributed by atoms with Crippen LogP contribution in [0.15, 0.2) is 66.9 Å². The Morgan fingerprint density at radius 1 is 1.08 bits per heavy atom. The molecule has 0 spiro atoms. The van der Waals surface area contributed by atoms with E-state index in [1.807, 2.05) is 6.07 Å². The number of pyridine rings is 1. The van der Waals surface area contributed by atoms with Gasteiger partial charge >= 0.3 is 0 Å². The summed E-state index contributed by atoms with van der Waals surface area (Å²) in [6.07, 6.45) is 1.49. The lowest BCUT2D eigenvalue weighted by molar-refractivity contribution is 0.102. The van der Waals surface area contributed by atoms with E-state index in [-0.39, 0.29) is 5.91 Å². The van der Waals surface area contributed by atoms with E-state index in [9.17, 15) is 9.18 Å². The molecule has 0 aliphatic rings. The second kappa shape index (κ2) is 8.11. The van der Waals surface area contributed by atoms with Gasteiger partial charge in [-0.25, -0.2) is 4.39 Å². The molecule has 132 valence electrons. The minimum Gasteiger partial charge on any atom is -0.497 e. The van der Waals surface area contributed by atoms with Crippen LogP contribution in [-0.4, -0.2) is 24.9 Å². The average Bonchev–Trinajstić information content (AvgIpc) is 2.69. The number of methoxy groups -OCH3 is 1. The molecule has 3 aromatic rings. The molecule has 0 aliphatic heterocycles. The monoisotopic (exact) mass is 352 g/mol. The Labute approximate surface area is 150 Å². The van der Waals surface area contributed by atoms with Gasteiger partial charge in [-0.15, -0.1) is 0 Å². The molecule has 0 radical (unpaired) electrons. The summed E-state index contributed by atoms with van der Waals surface area (Å²) < 4.78 is 22.3. The zero-order valence-electron chi connectivity index (χ0n) is 14.1. The first-order valence-electron chi connectivity index (χ1n) is 7.90. The van der Waals surface area contributed by atoms with E-state index >= 15 is 0 Å². The Bertz CT molecular complexity index is 898. The number of rotatable bonds is 6. The van der Waals surface area contributed by atoms with Crippen LogP contribution in [0.3, 0.4) is 0 Å². The largest absolute Gasteiger partial charge is 0.497 e. The van der Waals surface area contributed by atoms with Crippen LogP contribution < -0.4 is 14.8 Å². The molecule has 1 aromatic heterocycles. The number of hydrogen-bond acceptors (Lipinski definition) is 4. The Morgan fingerprint density at radius 2 is 1.88 bits per heavy atom. The fourth-order valence-corrected chi connectivity index (χ4v) is 2.41. The summed E-state index contributed by atoms with van der Waals surface area (Å²) in [5.41, 5.74) is 2.49. The Kier molecular flexibility index (Phi) is 5.43. The van der Waals surface area contributed by atoms with E-state index in [1.54, 1.807) is 61.7 Å². The molecule has 1 heterocycles. The Balaban J connectivity index is 1.74. The first kappa shape index (κ1) is 17.4. The van der Waals surface area contributed by atoms with E-state index in [2.05, 4.69) is 10.3 Å². The number of alkyl halides is 1. The van der Waals surface area contributed by atoms with Gasteiger partial charge in [-0.1, -0.05) is 18.2 Å². The van der Waals surface area contributed by atoms with Gasteiger partial charge in [0.25, 0.3) is 5.91 Å². The van der Waals surface area contributed by atoms with Crippen molar-refractivity contribution in [2.75, 3.05) is 19.3 Å². The summed E-state index contributed by atoms with van der Waals surface area (Å²) in [4.78, 5) is 16.7. The zero-order valence-corrected chi connectivity index (χ0v) is 14.1. The standard InChI is InChI=1S/C20H17FN2O3/c1-25-17-6-3-5-16(11-17)23-20(24)15-8-9-19(22-12-15)14-4-2-7-18(10-14)26-13-21/h2-12H,13H2,1H3,(H,23,24). The van der Waals surface area contributed by atoms with Gasteiger partial charge in [0, 0.05) is 23.5 Å². The number of benzene rings is 2. The van der Waals surface area contributed by atoms with Crippen LogP contribution in [0.25, 0.3) is 11.3 Å². The lowest BCUT2D eigenvalue weighted by Crippen LogP contribution is -2.12. The van der Waals surface area contributed by atoms with Crippen molar-refractivity contribution in [1.82, 2.24) is 4.98 Å². The maximum atomic E-state index is 12.3. The molecular formula is C20H17FN2O3. The van der Waals surface area contributed by atoms with Crippen molar-refractivity contribution >= 4 is 11.6 Å². The van der Waals surface area contributed by atoms with Gasteiger partial charge in [-0.05, 0) is 36.4 Å². The molecular weight excluding hydrogens is 335 g/mol. The van der Waals surface area contributed by atoms with Gasteiger partial charge in [0.15, 0.2) is 0 Å². The van der Waals surface area contributed by atoms with Crippen LogP contribution in [0.2, 0.25) is 0 Å². The smallest absolute Gasteiger partial charge is 0.257 e. The second-order valence-corrected chi connectivity index (χ2v) is 5.40. The molecule has 1 amide bonds. The highest BCUT2D eigenvalue weighted by atomic mass is 19.1. The maximum Gasteiger partial charge on any atom is 0.257 e. The third-order valence-corrected chi connectivity index (χ3v) is 3.70. The second-order valence-electron chi connectivity index (χ2n) is 5.40. The predicted molar refractivity (Wildman–Crippen MR) is 97.2 cm³/mol. The van der Waals surface area contributed by atoms with Gasteiger partial charge in [0.2, 0.25) is 6.86 Å². The number of carbonyl (C=O) groups excluding carboxylic acids is 1. The molecule has 1 N–H and O–H groups in total. The van der Waals surface area contributed by atoms with Crippen molar-refractivity contribution in [3.8, 4) is 22.8 Å². The average molecular weight is 352 g/mol. The van der Waals surface area contributed by atoms with Crippen LogP contribution in [0.4, 0.5) is 10.1 Å². The van der Waals surface area contributed by atoms with Crippen LogP contribution in [-0.2, 0) is 0 Å². The Hall–Kier alpha value is -3.41. The van der Waals surface area contributed by atoms with Crippen LogP contribution >= 0.6 is 0 Å².